The molecule has 1 aliphatic rings. The summed E-state index contributed by atoms with van der Waals surface area (Å²) >= 11 is 0. The van der Waals surface area contributed by atoms with Gasteiger partial charge in [0.15, 0.2) is 0 Å². The molecule has 0 bridgehead atoms. The van der Waals surface area contributed by atoms with Crippen molar-refractivity contribution in [3.8, 4) is 0 Å². The molecule has 1 fully saturated rings. The molecule has 0 aromatic rings. The molecule has 1 unspecified atom stereocenters. The fourth-order valence-electron chi connectivity index (χ4n) is 1.04. The number of hydrogen-bond donors (Lipinski definition) is 1. The summed E-state index contributed by atoms with van der Waals surface area (Å²) in [5.41, 5.74) is 0. The topological polar surface area (TPSA) is 41.5 Å². The molecule has 0 amide bonds. The second-order valence-electron chi connectivity index (χ2n) is 2.31. The van der Waals surface area contributed by atoms with Crippen LogP contribution in [0.3, 0.4) is 0 Å². The van der Waals surface area contributed by atoms with Gasteiger partial charge in [-0.2, -0.15) is 4.99 Å². The lowest BCUT2D eigenvalue weighted by atomic mass is 10.1. The van der Waals surface area contributed by atoms with Crippen molar-refractivity contribution >= 4 is 6.08 Å². The van der Waals surface area contributed by atoms with Crippen LogP contribution in [0.2, 0.25) is 0 Å². The normalized spacial score (nSPS) is 25.0. The van der Waals surface area contributed by atoms with Gasteiger partial charge in [0.05, 0.1) is 0 Å². The molecule has 0 saturated carbocycles. The van der Waals surface area contributed by atoms with Gasteiger partial charge in [-0.1, -0.05) is 6.08 Å². The first-order valence-electron chi connectivity index (χ1n) is 3.38. The zero-order valence-electron chi connectivity index (χ0n) is 5.71. The molecule has 0 aromatic carbocycles. The van der Waals surface area contributed by atoms with Gasteiger partial charge in [0.25, 0.3) is 0 Å². The summed E-state index contributed by atoms with van der Waals surface area (Å²) in [6.07, 6.45) is 6.06. The van der Waals surface area contributed by atoms with Gasteiger partial charge in [-0.15, -0.1) is 0 Å². The summed E-state index contributed by atoms with van der Waals surface area (Å²) in [7, 11) is 0. The van der Waals surface area contributed by atoms with E-state index in [1.165, 1.54) is 12.3 Å². The number of aliphatic imine (C=N–C) groups is 1. The lowest BCUT2D eigenvalue weighted by Crippen LogP contribution is -2.07. The summed E-state index contributed by atoms with van der Waals surface area (Å²) in [5.74, 6) is 0.553. The van der Waals surface area contributed by atoms with Gasteiger partial charge in [0.1, 0.15) is 0 Å². The van der Waals surface area contributed by atoms with Crippen LogP contribution < -0.4 is 5.32 Å². The SMILES string of the molecule is O=C=N/C=C\C1CCNC1. The highest BCUT2D eigenvalue weighted by atomic mass is 16.1. The third kappa shape index (κ3) is 2.13. The van der Waals surface area contributed by atoms with Crippen molar-refractivity contribution in [2.75, 3.05) is 13.1 Å². The van der Waals surface area contributed by atoms with E-state index in [-0.39, 0.29) is 0 Å². The second-order valence-corrected chi connectivity index (χ2v) is 2.31. The minimum absolute atomic E-state index is 0.553. The Kier molecular flexibility index (Phi) is 2.87. The summed E-state index contributed by atoms with van der Waals surface area (Å²) in [5, 5.41) is 3.21. The number of nitrogens with zero attached hydrogens (tertiary/aromatic N) is 1. The van der Waals surface area contributed by atoms with E-state index in [2.05, 4.69) is 10.3 Å². The van der Waals surface area contributed by atoms with Crippen LogP contribution in [-0.4, -0.2) is 19.2 Å². The maximum absolute atomic E-state index is 9.62. The number of rotatable bonds is 2. The Labute approximate surface area is 59.8 Å². The molecule has 1 N–H and O–H groups in total. The third-order valence-corrected chi connectivity index (χ3v) is 1.58. The number of carbonyl (C=O) groups excluding carboxylic acids is 1. The summed E-state index contributed by atoms with van der Waals surface area (Å²) in [6, 6.07) is 0. The quantitative estimate of drug-likeness (QED) is 0.444. The Morgan fingerprint density at radius 1 is 1.70 bits per heavy atom. The maximum atomic E-state index is 9.62. The molecule has 0 radical (unpaired) electrons. The van der Waals surface area contributed by atoms with E-state index >= 15 is 0 Å². The van der Waals surface area contributed by atoms with Crippen LogP contribution in [0.25, 0.3) is 0 Å². The van der Waals surface area contributed by atoms with Gasteiger partial charge in [-0.25, -0.2) is 4.79 Å². The van der Waals surface area contributed by atoms with Crippen molar-refractivity contribution in [1.29, 1.82) is 0 Å². The smallest absolute Gasteiger partial charge is 0.239 e. The maximum Gasteiger partial charge on any atom is 0.239 e. The molecule has 54 valence electrons. The largest absolute Gasteiger partial charge is 0.316 e. The highest BCUT2D eigenvalue weighted by Gasteiger charge is 2.09. The Morgan fingerprint density at radius 2 is 2.60 bits per heavy atom. The van der Waals surface area contributed by atoms with Crippen molar-refractivity contribution < 1.29 is 4.79 Å². The Hall–Kier alpha value is -0.920. The van der Waals surface area contributed by atoms with Crippen LogP contribution in [0.5, 0.6) is 0 Å². The van der Waals surface area contributed by atoms with Crippen molar-refractivity contribution in [2.45, 2.75) is 6.42 Å². The molecule has 1 atom stereocenters. The van der Waals surface area contributed by atoms with Gasteiger partial charge in [-0.05, 0) is 18.9 Å². The number of isocyanates is 1. The lowest BCUT2D eigenvalue weighted by Gasteiger charge is -1.95. The highest BCUT2D eigenvalue weighted by Crippen LogP contribution is 2.07. The summed E-state index contributed by atoms with van der Waals surface area (Å²) in [4.78, 5) is 12.9. The highest BCUT2D eigenvalue weighted by molar-refractivity contribution is 5.34. The van der Waals surface area contributed by atoms with Crippen LogP contribution in [-0.2, 0) is 4.79 Å². The first-order valence-corrected chi connectivity index (χ1v) is 3.38. The predicted octanol–water partition coefficient (Wildman–Crippen LogP) is 0.445. The average Bonchev–Trinajstić information content (AvgIpc) is 2.41. The van der Waals surface area contributed by atoms with Crippen molar-refractivity contribution in [1.82, 2.24) is 5.32 Å². The van der Waals surface area contributed by atoms with E-state index in [4.69, 9.17) is 0 Å². The summed E-state index contributed by atoms with van der Waals surface area (Å²) < 4.78 is 0. The Morgan fingerprint density at radius 3 is 3.20 bits per heavy atom. The van der Waals surface area contributed by atoms with E-state index in [0.29, 0.717) is 5.92 Å². The molecule has 3 heteroatoms. The van der Waals surface area contributed by atoms with E-state index in [1.54, 1.807) is 0 Å². The zero-order valence-corrected chi connectivity index (χ0v) is 5.71. The fraction of sp³-hybridized carbons (Fsp3) is 0.571. The predicted molar refractivity (Wildman–Crippen MR) is 38.2 cm³/mol. The molecule has 1 heterocycles. The molecule has 0 spiro atoms. The number of nitrogens with one attached hydrogen (secondary N) is 1. The molecule has 10 heavy (non-hydrogen) atoms. The van der Waals surface area contributed by atoms with Crippen LogP contribution in [0.15, 0.2) is 17.3 Å². The fourth-order valence-corrected chi connectivity index (χ4v) is 1.04. The first-order chi connectivity index (χ1) is 4.93. The van der Waals surface area contributed by atoms with Crippen molar-refractivity contribution in [3.05, 3.63) is 12.3 Å². The Balaban J connectivity index is 2.29. The number of hydrogen-bond acceptors (Lipinski definition) is 3. The van der Waals surface area contributed by atoms with Gasteiger partial charge in [-0.3, -0.25) is 0 Å². The standard InChI is InChI=1S/C7H10N2O/c10-6-9-4-2-7-1-3-8-5-7/h2,4,7-8H,1,3,5H2/b4-2-. The van der Waals surface area contributed by atoms with Gasteiger partial charge >= 0.3 is 0 Å². The van der Waals surface area contributed by atoms with E-state index in [9.17, 15) is 4.79 Å². The van der Waals surface area contributed by atoms with Gasteiger partial charge in [0.2, 0.25) is 6.08 Å². The minimum atomic E-state index is 0.553. The molecule has 0 aromatic heterocycles. The molecule has 1 saturated heterocycles. The minimum Gasteiger partial charge on any atom is -0.316 e. The second kappa shape index (κ2) is 3.99. The monoisotopic (exact) mass is 138 g/mol. The Bertz CT molecular complexity index is 164. The van der Waals surface area contributed by atoms with Crippen LogP contribution in [0.1, 0.15) is 6.42 Å². The zero-order chi connectivity index (χ0) is 7.23. The van der Waals surface area contributed by atoms with E-state index < -0.39 is 0 Å². The summed E-state index contributed by atoms with van der Waals surface area (Å²) in [6.45, 7) is 2.07. The van der Waals surface area contributed by atoms with Crippen LogP contribution >= 0.6 is 0 Å². The van der Waals surface area contributed by atoms with Crippen LogP contribution in [0.4, 0.5) is 0 Å². The van der Waals surface area contributed by atoms with E-state index in [1.807, 2.05) is 6.08 Å². The van der Waals surface area contributed by atoms with Crippen LogP contribution in [0, 0.1) is 5.92 Å². The molecule has 1 rings (SSSR count). The van der Waals surface area contributed by atoms with Crippen molar-refractivity contribution in [2.24, 2.45) is 10.9 Å². The molecular formula is C7H10N2O. The molecule has 3 nitrogen and oxygen atoms in total. The molecule has 0 aliphatic carbocycles. The first kappa shape index (κ1) is 7.19. The lowest BCUT2D eigenvalue weighted by molar-refractivity contribution is 0.565. The van der Waals surface area contributed by atoms with Crippen molar-refractivity contribution in [3.63, 3.8) is 0 Å². The third-order valence-electron chi connectivity index (χ3n) is 1.58. The average molecular weight is 138 g/mol. The van der Waals surface area contributed by atoms with Gasteiger partial charge in [0, 0.05) is 12.7 Å². The molecule has 1 aliphatic heterocycles. The molecular weight excluding hydrogens is 128 g/mol. The van der Waals surface area contributed by atoms with Gasteiger partial charge < -0.3 is 5.32 Å². The van der Waals surface area contributed by atoms with E-state index in [0.717, 1.165) is 19.5 Å².